The maximum Gasteiger partial charge on any atom is 0.229 e. The minimum Gasteiger partial charge on any atom is -0.492 e. The fraction of sp³-hybridized carbons (Fsp3) is 0.541. The van der Waals surface area contributed by atoms with Crippen molar-refractivity contribution in [3.63, 3.8) is 0 Å². The van der Waals surface area contributed by atoms with Crippen molar-refractivity contribution in [2.24, 2.45) is 0 Å². The first kappa shape index (κ1) is 56.8. The molecule has 8 aliphatic heterocycles. The number of halogens is 3. The smallest absolute Gasteiger partial charge is 0.229 e. The molecule has 3 aromatic carbocycles. The number of benzene rings is 3. The molecule has 18 nitrogen and oxygen atoms in total. The predicted molar refractivity (Wildman–Crippen MR) is 323 cm³/mol. The Morgan fingerprint density at radius 2 is 1.29 bits per heavy atom. The zero-order valence-corrected chi connectivity index (χ0v) is 48.7. The average molecular weight is 1150 g/mol. The number of allylic oxidation sites excluding steroid dienone is 3. The van der Waals surface area contributed by atoms with E-state index >= 15 is 8.78 Å². The van der Waals surface area contributed by atoms with E-state index in [0.717, 1.165) is 146 Å². The Morgan fingerprint density at radius 3 is 2.01 bits per heavy atom. The lowest BCUT2D eigenvalue weighted by molar-refractivity contribution is 0.189. The van der Waals surface area contributed by atoms with Crippen LogP contribution in [0.1, 0.15) is 110 Å². The molecule has 1 aromatic heterocycles. The van der Waals surface area contributed by atoms with Gasteiger partial charge in [0, 0.05) is 103 Å². The summed E-state index contributed by atoms with van der Waals surface area (Å²) < 4.78 is 53.5. The van der Waals surface area contributed by atoms with Crippen LogP contribution in [0.2, 0.25) is 5.02 Å². The number of nitrogens with zero attached hydrogens (tertiary/aromatic N) is 2. The second-order valence-corrected chi connectivity index (χ2v) is 23.8. The predicted octanol–water partition coefficient (Wildman–Crippen LogP) is 7.22. The molecule has 0 amide bonds. The van der Waals surface area contributed by atoms with E-state index in [1.165, 1.54) is 11.1 Å². The van der Waals surface area contributed by atoms with E-state index in [0.29, 0.717) is 79.2 Å². The van der Waals surface area contributed by atoms with Crippen LogP contribution >= 0.6 is 11.6 Å². The summed E-state index contributed by atoms with van der Waals surface area (Å²) in [5, 5.41) is 46.4. The number of anilines is 5. The van der Waals surface area contributed by atoms with Gasteiger partial charge < -0.3 is 56.7 Å². The SMILES string of the molecule is CNC1CC(C)NC(Nc2c(F)c3c(c(C4=CCNCCC4)c2F)OC(CNC2CC(C)NC(Nc4cc5c(c(C6=CCNCCC6)c4C)OC(CNc4cc(C)nc(Nc6cc7c(c(C8=CCNCCC8)c6Cl)OCC7)n4)C5)N2)C3)N1. The molecule has 13 N–H and O–H groups in total. The number of aryl methyl sites for hydroxylation is 1. The lowest BCUT2D eigenvalue weighted by Gasteiger charge is -2.38. The molecule has 82 heavy (non-hydrogen) atoms. The third kappa shape index (κ3) is 12.4. The highest BCUT2D eigenvalue weighted by Gasteiger charge is 2.38. The maximum absolute atomic E-state index is 17.0. The minimum absolute atomic E-state index is 0.0153. The Balaban J connectivity index is 0.728. The Bertz CT molecular complexity index is 3120. The second-order valence-electron chi connectivity index (χ2n) is 23.4. The molecule has 12 rings (SSSR count). The van der Waals surface area contributed by atoms with Gasteiger partial charge in [-0.1, -0.05) is 29.8 Å². The van der Waals surface area contributed by atoms with Crippen LogP contribution in [0.25, 0.3) is 16.7 Å². The fourth-order valence-corrected chi connectivity index (χ4v) is 13.5. The van der Waals surface area contributed by atoms with Crippen LogP contribution in [-0.4, -0.2) is 125 Å². The van der Waals surface area contributed by atoms with E-state index in [2.05, 4.69) is 114 Å². The highest BCUT2D eigenvalue weighted by molar-refractivity contribution is 6.35. The highest BCUT2D eigenvalue weighted by atomic mass is 35.5. The van der Waals surface area contributed by atoms with Crippen molar-refractivity contribution >= 4 is 57.1 Å². The van der Waals surface area contributed by atoms with Crippen molar-refractivity contribution < 1.29 is 23.0 Å². The van der Waals surface area contributed by atoms with Crippen molar-refractivity contribution in [2.45, 2.75) is 148 Å². The van der Waals surface area contributed by atoms with Crippen LogP contribution in [0.15, 0.2) is 36.4 Å². The zero-order valence-electron chi connectivity index (χ0n) is 48.0. The number of hydrogen-bond donors (Lipinski definition) is 13. The van der Waals surface area contributed by atoms with Gasteiger partial charge in [-0.3, -0.25) is 26.6 Å². The first-order valence-corrected chi connectivity index (χ1v) is 30.4. The third-order valence-corrected chi connectivity index (χ3v) is 17.6. The Labute approximate surface area is 485 Å². The summed E-state index contributed by atoms with van der Waals surface area (Å²) in [6, 6.07) is 6.57. The van der Waals surface area contributed by atoms with Gasteiger partial charge in [-0.25, -0.2) is 13.8 Å². The average Bonchev–Trinajstić information content (AvgIpc) is 4.14. The largest absolute Gasteiger partial charge is 0.492 e. The molecule has 21 heteroatoms. The molecule has 0 aliphatic carbocycles. The summed E-state index contributed by atoms with van der Waals surface area (Å²) in [5.74, 6) is 2.08. The van der Waals surface area contributed by atoms with Crippen molar-refractivity contribution in [3.05, 3.63) is 97.7 Å². The van der Waals surface area contributed by atoms with Gasteiger partial charge in [0.1, 0.15) is 53.5 Å². The Kier molecular flexibility index (Phi) is 17.5. The van der Waals surface area contributed by atoms with Crippen LogP contribution in [0.5, 0.6) is 17.2 Å². The molecule has 8 unspecified atom stereocenters. The lowest BCUT2D eigenvalue weighted by Crippen LogP contribution is -2.65. The van der Waals surface area contributed by atoms with Gasteiger partial charge in [-0.2, -0.15) is 4.98 Å². The van der Waals surface area contributed by atoms with Crippen molar-refractivity contribution in [2.75, 3.05) is 87.3 Å². The van der Waals surface area contributed by atoms with Gasteiger partial charge >= 0.3 is 0 Å². The standard InChI is InChI=1S/C61H82ClF2N15O3/c1-32-23-46(65-5)76-61(73-32)79-55-53(63)43-29-42(82-58(43)51(54(55)64)38-11-8-18-68-21-14-38)31-70-48-24-33(2)71-59(77-48)74-44-28-40-26-41(81-57(40)49(35(44)4)36-9-6-16-66-19-12-36)30-69-47-25-34(3)72-60(78-47)75-45-27-39-15-22-80-56(39)50(52(45)62)37-10-7-17-67-20-13-37/h12-14,25,27-28,32-33,41-42,46,48,59,61,65-68,70-71,73-74,76-77,79H,6-11,15-24,26,29-31H2,1-5H3,(H2,69,72,75,78). The third-order valence-electron chi connectivity index (χ3n) is 17.2. The molecule has 8 atom stereocenters. The molecule has 0 radical (unpaired) electrons. The van der Waals surface area contributed by atoms with Gasteiger partial charge in [-0.05, 0) is 140 Å². The van der Waals surface area contributed by atoms with E-state index in [1.54, 1.807) is 0 Å². The Morgan fingerprint density at radius 1 is 0.659 bits per heavy atom. The number of ether oxygens (including phenoxy) is 3. The van der Waals surface area contributed by atoms with E-state index < -0.39 is 24.0 Å². The topological polar surface area (TPSA) is 210 Å². The van der Waals surface area contributed by atoms with Gasteiger partial charge in [-0.15, -0.1) is 0 Å². The number of aromatic nitrogens is 2. The molecule has 0 bridgehead atoms. The monoisotopic (exact) mass is 1150 g/mol. The van der Waals surface area contributed by atoms with E-state index in [9.17, 15) is 0 Å². The molecule has 2 fully saturated rings. The van der Waals surface area contributed by atoms with Gasteiger partial charge in [0.05, 0.1) is 41.8 Å². The minimum atomic E-state index is -0.622. The maximum atomic E-state index is 17.0. The molecule has 2 saturated heterocycles. The van der Waals surface area contributed by atoms with Crippen LogP contribution in [0.4, 0.5) is 37.6 Å². The molecule has 9 heterocycles. The summed E-state index contributed by atoms with van der Waals surface area (Å²) >= 11 is 7.24. The van der Waals surface area contributed by atoms with Gasteiger partial charge in [0.15, 0.2) is 11.6 Å². The number of hydrogen-bond acceptors (Lipinski definition) is 18. The number of rotatable bonds is 16. The Hall–Kier alpha value is -5.65. The van der Waals surface area contributed by atoms with Gasteiger partial charge in [0.25, 0.3) is 0 Å². The number of nitrogens with one attached hydrogen (secondary N) is 13. The molecular formula is C61H82ClF2N15O3. The summed E-state index contributed by atoms with van der Waals surface area (Å²) in [6.07, 6.45) is 14.0. The first-order valence-electron chi connectivity index (χ1n) is 30.0. The van der Waals surface area contributed by atoms with Gasteiger partial charge in [0.2, 0.25) is 5.95 Å². The van der Waals surface area contributed by atoms with E-state index in [4.69, 9.17) is 35.8 Å². The normalized spacial score (nSPS) is 26.3. The van der Waals surface area contributed by atoms with Crippen LogP contribution in [0, 0.1) is 25.5 Å². The number of fused-ring (bicyclic) bond motifs is 3. The van der Waals surface area contributed by atoms with Crippen LogP contribution in [0.3, 0.4) is 0 Å². The molecule has 4 aromatic rings. The van der Waals surface area contributed by atoms with Crippen molar-refractivity contribution in [3.8, 4) is 17.2 Å². The highest BCUT2D eigenvalue weighted by Crippen LogP contribution is 2.48. The summed E-state index contributed by atoms with van der Waals surface area (Å²) in [4.78, 5) is 9.73. The van der Waals surface area contributed by atoms with Crippen LogP contribution in [-0.2, 0) is 19.3 Å². The second kappa shape index (κ2) is 25.3. The molecule has 8 aliphatic rings. The summed E-state index contributed by atoms with van der Waals surface area (Å²) in [6.45, 7) is 15.0. The lowest BCUT2D eigenvalue weighted by atomic mass is 9.91. The fourth-order valence-electron chi connectivity index (χ4n) is 13.2. The quantitative estimate of drug-likeness (QED) is 0.0534. The van der Waals surface area contributed by atoms with E-state index in [1.807, 2.05) is 26.1 Å². The van der Waals surface area contributed by atoms with Crippen molar-refractivity contribution in [1.82, 2.24) is 57.8 Å². The zero-order chi connectivity index (χ0) is 56.4. The van der Waals surface area contributed by atoms with Crippen LogP contribution < -0.4 is 83.3 Å². The molecule has 0 saturated carbocycles. The first-order chi connectivity index (χ1) is 39.9. The summed E-state index contributed by atoms with van der Waals surface area (Å²) in [5.41, 5.74) is 12.1. The van der Waals surface area contributed by atoms with Crippen molar-refractivity contribution in [1.29, 1.82) is 0 Å². The van der Waals surface area contributed by atoms with E-state index in [-0.39, 0.29) is 42.5 Å². The summed E-state index contributed by atoms with van der Waals surface area (Å²) in [7, 11) is 1.88. The molecular weight excluding hydrogens is 1060 g/mol. The molecule has 0 spiro atoms. The molecule has 440 valence electrons.